The minimum absolute atomic E-state index is 0.266. The van der Waals surface area contributed by atoms with Crippen LogP contribution >= 0.6 is 0 Å². The molecule has 0 aromatic heterocycles. The van der Waals surface area contributed by atoms with Crippen LogP contribution < -0.4 is 0 Å². The fraction of sp³-hybridized carbons (Fsp3) is 0.929. The molecule has 1 saturated heterocycles. The van der Waals surface area contributed by atoms with E-state index in [1.54, 1.807) is 6.92 Å². The van der Waals surface area contributed by atoms with E-state index >= 15 is 0 Å². The summed E-state index contributed by atoms with van der Waals surface area (Å²) < 4.78 is 0. The zero-order valence-electron chi connectivity index (χ0n) is 12.3. The Morgan fingerprint density at radius 3 is 1.82 bits per heavy atom. The molecule has 0 radical (unpaired) electrons. The van der Waals surface area contributed by atoms with Gasteiger partial charge in [0.25, 0.3) is 0 Å². The number of carbonyl (C=O) groups is 1. The summed E-state index contributed by atoms with van der Waals surface area (Å²) in [6.07, 6.45) is 0. The number of rotatable bonds is 3. The summed E-state index contributed by atoms with van der Waals surface area (Å²) >= 11 is 0. The fourth-order valence-electron chi connectivity index (χ4n) is 2.36. The van der Waals surface area contributed by atoms with Crippen molar-refractivity contribution in [3.05, 3.63) is 0 Å². The zero-order chi connectivity index (χ0) is 13.3. The molecule has 0 unspecified atom stereocenters. The van der Waals surface area contributed by atoms with Crippen LogP contribution in [-0.2, 0) is 4.79 Å². The van der Waals surface area contributed by atoms with Gasteiger partial charge >= 0.3 is 0 Å². The summed E-state index contributed by atoms with van der Waals surface area (Å²) in [6, 6.07) is 0. The maximum absolute atomic E-state index is 11.6. The number of hydrogen-bond donors (Lipinski definition) is 0. The molecule has 100 valence electrons. The molecule has 0 aromatic carbocycles. The van der Waals surface area contributed by atoms with Crippen molar-refractivity contribution in [3.63, 3.8) is 0 Å². The van der Waals surface area contributed by atoms with Crippen LogP contribution in [0.25, 0.3) is 0 Å². The van der Waals surface area contributed by atoms with Gasteiger partial charge in [-0.3, -0.25) is 9.69 Å². The second-order valence-corrected chi connectivity index (χ2v) is 6.94. The van der Waals surface area contributed by atoms with Gasteiger partial charge in [0.05, 0.1) is 5.54 Å². The van der Waals surface area contributed by atoms with Crippen LogP contribution in [0.4, 0.5) is 0 Å². The van der Waals surface area contributed by atoms with E-state index in [-0.39, 0.29) is 11.3 Å². The van der Waals surface area contributed by atoms with E-state index in [9.17, 15) is 4.79 Å². The van der Waals surface area contributed by atoms with E-state index in [1.807, 2.05) is 13.8 Å². The first kappa shape index (κ1) is 14.7. The first-order valence-corrected chi connectivity index (χ1v) is 6.61. The van der Waals surface area contributed by atoms with Gasteiger partial charge in [0.1, 0.15) is 5.78 Å². The summed E-state index contributed by atoms with van der Waals surface area (Å²) in [7, 11) is 0. The van der Waals surface area contributed by atoms with Crippen molar-refractivity contribution in [2.75, 3.05) is 32.7 Å². The number of piperazine rings is 1. The number of carbonyl (C=O) groups excluding carboxylic acids is 1. The van der Waals surface area contributed by atoms with Crippen LogP contribution in [-0.4, -0.2) is 53.8 Å². The Kier molecular flexibility index (Phi) is 4.37. The highest BCUT2D eigenvalue weighted by molar-refractivity contribution is 5.85. The Morgan fingerprint density at radius 1 is 1.00 bits per heavy atom. The minimum Gasteiger partial charge on any atom is -0.300 e. The third-order valence-corrected chi connectivity index (χ3v) is 3.72. The predicted molar refractivity (Wildman–Crippen MR) is 72.2 cm³/mol. The van der Waals surface area contributed by atoms with Crippen LogP contribution in [0.3, 0.4) is 0 Å². The first-order chi connectivity index (χ1) is 7.63. The van der Waals surface area contributed by atoms with Gasteiger partial charge in [0, 0.05) is 32.7 Å². The average Bonchev–Trinajstić information content (AvgIpc) is 2.15. The van der Waals surface area contributed by atoms with Gasteiger partial charge in [0.15, 0.2) is 0 Å². The molecule has 1 heterocycles. The van der Waals surface area contributed by atoms with E-state index in [1.165, 1.54) is 0 Å². The molecule has 3 heteroatoms. The highest BCUT2D eigenvalue weighted by Crippen LogP contribution is 2.21. The number of hydrogen-bond acceptors (Lipinski definition) is 3. The number of Topliss-reactive ketones (excluding diaryl/α,β-unsaturated/α-hetero) is 1. The molecule has 0 aromatic rings. The molecule has 1 fully saturated rings. The summed E-state index contributed by atoms with van der Waals surface area (Å²) in [4.78, 5) is 16.4. The Morgan fingerprint density at radius 2 is 1.47 bits per heavy atom. The molecule has 17 heavy (non-hydrogen) atoms. The largest absolute Gasteiger partial charge is 0.300 e. The molecular formula is C14H28N2O. The van der Waals surface area contributed by atoms with Crippen LogP contribution in [0.2, 0.25) is 0 Å². The predicted octanol–water partition coefficient (Wildman–Crippen LogP) is 2.02. The smallest absolute Gasteiger partial charge is 0.149 e. The molecule has 1 aliphatic heterocycles. The Bertz CT molecular complexity index is 270. The van der Waals surface area contributed by atoms with Crippen molar-refractivity contribution in [3.8, 4) is 0 Å². The first-order valence-electron chi connectivity index (χ1n) is 6.61. The Labute approximate surface area is 106 Å². The lowest BCUT2D eigenvalue weighted by Gasteiger charge is -2.44. The molecule has 3 nitrogen and oxygen atoms in total. The van der Waals surface area contributed by atoms with Crippen LogP contribution in [0, 0.1) is 5.41 Å². The van der Waals surface area contributed by atoms with Crippen LogP contribution in [0.5, 0.6) is 0 Å². The van der Waals surface area contributed by atoms with Gasteiger partial charge in [-0.15, -0.1) is 0 Å². The van der Waals surface area contributed by atoms with Gasteiger partial charge in [-0.05, 0) is 26.2 Å². The third kappa shape index (κ3) is 4.07. The standard InChI is InChI=1S/C14H28N2O/c1-12(17)14(5,6)16-9-7-15(8-10-16)11-13(2,3)4/h7-11H2,1-6H3. The Hall–Kier alpha value is -0.410. The molecule has 0 aliphatic carbocycles. The molecule has 0 saturated carbocycles. The summed E-state index contributed by atoms with van der Waals surface area (Å²) in [5.74, 6) is 0.266. The van der Waals surface area contributed by atoms with Crippen molar-refractivity contribution in [2.24, 2.45) is 5.41 Å². The highest BCUT2D eigenvalue weighted by atomic mass is 16.1. The van der Waals surface area contributed by atoms with E-state index < -0.39 is 0 Å². The second kappa shape index (κ2) is 5.07. The van der Waals surface area contributed by atoms with Crippen molar-refractivity contribution < 1.29 is 4.79 Å². The molecule has 0 amide bonds. The van der Waals surface area contributed by atoms with Gasteiger partial charge in [0.2, 0.25) is 0 Å². The van der Waals surface area contributed by atoms with Gasteiger partial charge in [-0.2, -0.15) is 0 Å². The average molecular weight is 240 g/mol. The highest BCUT2D eigenvalue weighted by Gasteiger charge is 2.34. The molecular weight excluding hydrogens is 212 g/mol. The summed E-state index contributed by atoms with van der Waals surface area (Å²) in [5, 5.41) is 0. The van der Waals surface area contributed by atoms with Crippen molar-refractivity contribution in [2.45, 2.75) is 47.1 Å². The topological polar surface area (TPSA) is 23.6 Å². The number of nitrogens with zero attached hydrogens (tertiary/aromatic N) is 2. The quantitative estimate of drug-likeness (QED) is 0.754. The maximum atomic E-state index is 11.6. The van der Waals surface area contributed by atoms with Crippen LogP contribution in [0.15, 0.2) is 0 Å². The van der Waals surface area contributed by atoms with Crippen molar-refractivity contribution in [1.29, 1.82) is 0 Å². The Balaban J connectivity index is 2.49. The molecule has 0 N–H and O–H groups in total. The van der Waals surface area contributed by atoms with E-state index in [0.717, 1.165) is 32.7 Å². The minimum atomic E-state index is -0.298. The van der Waals surface area contributed by atoms with Gasteiger partial charge in [-0.25, -0.2) is 0 Å². The molecule has 1 aliphatic rings. The lowest BCUT2D eigenvalue weighted by molar-refractivity contribution is -0.128. The summed E-state index contributed by atoms with van der Waals surface area (Å²) in [6.45, 7) is 17.9. The second-order valence-electron chi connectivity index (χ2n) is 6.94. The molecule has 0 bridgehead atoms. The molecule has 0 spiro atoms. The molecule has 1 rings (SSSR count). The zero-order valence-corrected chi connectivity index (χ0v) is 12.3. The lowest BCUT2D eigenvalue weighted by atomic mass is 9.94. The SMILES string of the molecule is CC(=O)C(C)(C)N1CCN(CC(C)(C)C)CC1. The van der Waals surface area contributed by atoms with Crippen LogP contribution in [0.1, 0.15) is 41.5 Å². The summed E-state index contributed by atoms with van der Waals surface area (Å²) in [5.41, 5.74) is 0.0616. The lowest BCUT2D eigenvalue weighted by Crippen LogP contribution is -2.58. The molecule has 0 atom stereocenters. The van der Waals surface area contributed by atoms with E-state index in [0.29, 0.717) is 5.41 Å². The van der Waals surface area contributed by atoms with E-state index in [4.69, 9.17) is 0 Å². The van der Waals surface area contributed by atoms with Gasteiger partial charge in [-0.1, -0.05) is 20.8 Å². The number of ketones is 1. The van der Waals surface area contributed by atoms with Crippen molar-refractivity contribution >= 4 is 5.78 Å². The van der Waals surface area contributed by atoms with Gasteiger partial charge < -0.3 is 4.90 Å². The maximum Gasteiger partial charge on any atom is 0.149 e. The third-order valence-electron chi connectivity index (χ3n) is 3.72. The normalized spacial score (nSPS) is 20.6. The monoisotopic (exact) mass is 240 g/mol. The van der Waals surface area contributed by atoms with E-state index in [2.05, 4.69) is 30.6 Å². The van der Waals surface area contributed by atoms with Crippen molar-refractivity contribution in [1.82, 2.24) is 9.80 Å². The fourth-order valence-corrected chi connectivity index (χ4v) is 2.36.